The van der Waals surface area contributed by atoms with Crippen LogP contribution >= 0.6 is 22.9 Å². The Balaban J connectivity index is 1.40. The highest BCUT2D eigenvalue weighted by molar-refractivity contribution is 7.89. The van der Waals surface area contributed by atoms with Crippen molar-refractivity contribution in [2.75, 3.05) is 19.7 Å². The molecular weight excluding hydrogens is 544 g/mol. The van der Waals surface area contributed by atoms with Gasteiger partial charge in [0.15, 0.2) is 0 Å². The van der Waals surface area contributed by atoms with Crippen LogP contribution in [0.1, 0.15) is 27.8 Å². The topological polar surface area (TPSA) is 80.1 Å². The van der Waals surface area contributed by atoms with E-state index in [4.69, 9.17) is 20.8 Å². The molecule has 2 aromatic carbocycles. The number of halogens is 1. The molecular formula is C28H27ClN2O5S2. The lowest BCUT2D eigenvalue weighted by molar-refractivity contribution is -0.135. The van der Waals surface area contributed by atoms with Gasteiger partial charge in [0.05, 0.1) is 30.3 Å². The summed E-state index contributed by atoms with van der Waals surface area (Å²) in [6.07, 6.45) is 2.19. The molecule has 0 saturated carbocycles. The van der Waals surface area contributed by atoms with E-state index in [0.29, 0.717) is 29.5 Å². The summed E-state index contributed by atoms with van der Waals surface area (Å²) in [6, 6.07) is 18.7. The number of fused-ring (bicyclic) bond motifs is 1. The van der Waals surface area contributed by atoms with E-state index < -0.39 is 10.0 Å². The number of rotatable bonds is 9. The summed E-state index contributed by atoms with van der Waals surface area (Å²) in [6.45, 7) is 2.22. The van der Waals surface area contributed by atoms with Crippen LogP contribution in [-0.4, -0.2) is 43.2 Å². The third-order valence-corrected chi connectivity index (χ3v) is 9.57. The van der Waals surface area contributed by atoms with Crippen molar-refractivity contribution in [2.45, 2.75) is 30.8 Å². The molecule has 1 atom stereocenters. The Labute approximate surface area is 231 Å². The predicted molar refractivity (Wildman–Crippen MR) is 147 cm³/mol. The van der Waals surface area contributed by atoms with E-state index in [1.165, 1.54) is 15.4 Å². The minimum absolute atomic E-state index is 0.0571. The van der Waals surface area contributed by atoms with Crippen molar-refractivity contribution in [1.82, 2.24) is 9.21 Å². The van der Waals surface area contributed by atoms with Gasteiger partial charge in [-0.3, -0.25) is 4.79 Å². The molecule has 1 unspecified atom stereocenters. The van der Waals surface area contributed by atoms with Crippen LogP contribution in [0.3, 0.4) is 0 Å². The second-order valence-corrected chi connectivity index (χ2v) is 12.5. The molecule has 10 heteroatoms. The van der Waals surface area contributed by atoms with Gasteiger partial charge in [-0.25, -0.2) is 8.42 Å². The molecule has 4 aromatic rings. The molecule has 0 N–H and O–H groups in total. The van der Waals surface area contributed by atoms with E-state index in [-0.39, 0.29) is 36.5 Å². The summed E-state index contributed by atoms with van der Waals surface area (Å²) >= 11 is 7.65. The number of amides is 1. The zero-order valence-corrected chi connectivity index (χ0v) is 23.1. The predicted octanol–water partition coefficient (Wildman–Crippen LogP) is 5.70. The van der Waals surface area contributed by atoms with Crippen LogP contribution in [0.25, 0.3) is 0 Å². The highest BCUT2D eigenvalue weighted by Crippen LogP contribution is 2.34. The minimum Gasteiger partial charge on any atom is -0.491 e. The minimum atomic E-state index is -3.97. The van der Waals surface area contributed by atoms with Crippen molar-refractivity contribution in [3.63, 3.8) is 0 Å². The number of furan rings is 1. The zero-order valence-electron chi connectivity index (χ0n) is 20.7. The molecule has 1 amide bonds. The number of benzene rings is 2. The highest BCUT2D eigenvalue weighted by atomic mass is 35.5. The van der Waals surface area contributed by atoms with E-state index in [1.54, 1.807) is 76.9 Å². The number of aryl methyl sites for hydroxylation is 1. The summed E-state index contributed by atoms with van der Waals surface area (Å²) in [4.78, 5) is 16.8. The Kier molecular flexibility index (Phi) is 7.90. The van der Waals surface area contributed by atoms with Crippen LogP contribution in [-0.2, 0) is 27.8 Å². The molecule has 0 saturated heterocycles. The molecule has 0 fully saturated rings. The standard InChI is InChI=1S/C28H27ClN2O5S2/c1-20-4-10-24(11-5-20)38(33,34)30(17-23-3-2-15-35-23)18-28(32)31-14-12-27-25(13-16-37-27)26(31)19-36-22-8-6-21(29)7-9-22/h2-11,13,15-16,26H,12,14,17-19H2,1H3. The Morgan fingerprint density at radius 3 is 2.61 bits per heavy atom. The van der Waals surface area contributed by atoms with E-state index in [0.717, 1.165) is 11.1 Å². The smallest absolute Gasteiger partial charge is 0.243 e. The summed E-state index contributed by atoms with van der Waals surface area (Å²) in [5.41, 5.74) is 1.98. The van der Waals surface area contributed by atoms with Crippen molar-refractivity contribution < 1.29 is 22.4 Å². The average molecular weight is 571 g/mol. The molecule has 0 bridgehead atoms. The van der Waals surface area contributed by atoms with E-state index in [9.17, 15) is 13.2 Å². The van der Waals surface area contributed by atoms with E-state index >= 15 is 0 Å². The molecule has 198 valence electrons. The fourth-order valence-electron chi connectivity index (χ4n) is 4.48. The van der Waals surface area contributed by atoms with Crippen molar-refractivity contribution in [2.24, 2.45) is 0 Å². The number of ether oxygens (including phenoxy) is 1. The Morgan fingerprint density at radius 2 is 1.89 bits per heavy atom. The van der Waals surface area contributed by atoms with Gasteiger partial charge >= 0.3 is 0 Å². The summed E-state index contributed by atoms with van der Waals surface area (Å²) in [5.74, 6) is 0.800. The third kappa shape index (κ3) is 5.81. The number of carbonyl (C=O) groups is 1. The summed E-state index contributed by atoms with van der Waals surface area (Å²) in [5, 5.41) is 2.62. The monoisotopic (exact) mass is 570 g/mol. The van der Waals surface area contributed by atoms with Gasteiger partial charge < -0.3 is 14.1 Å². The Morgan fingerprint density at radius 1 is 1.13 bits per heavy atom. The number of thiophene rings is 1. The Bertz CT molecular complexity index is 1480. The molecule has 7 nitrogen and oxygen atoms in total. The lowest BCUT2D eigenvalue weighted by atomic mass is 10.0. The fraction of sp³-hybridized carbons (Fsp3) is 0.250. The molecule has 3 heterocycles. The van der Waals surface area contributed by atoms with Crippen LogP contribution in [0.5, 0.6) is 5.75 Å². The number of hydrogen-bond acceptors (Lipinski definition) is 6. The van der Waals surface area contributed by atoms with Crippen LogP contribution in [0.15, 0.2) is 87.7 Å². The maximum absolute atomic E-state index is 13.8. The van der Waals surface area contributed by atoms with Crippen LogP contribution < -0.4 is 4.74 Å². The SMILES string of the molecule is Cc1ccc(S(=O)(=O)N(CC(=O)N2CCc3sccc3C2COc2ccc(Cl)cc2)Cc2ccco2)cc1. The maximum Gasteiger partial charge on any atom is 0.243 e. The number of hydrogen-bond donors (Lipinski definition) is 0. The van der Waals surface area contributed by atoms with Gasteiger partial charge in [0.2, 0.25) is 15.9 Å². The van der Waals surface area contributed by atoms with E-state index in [1.807, 2.05) is 18.4 Å². The molecule has 0 radical (unpaired) electrons. The Hall–Kier alpha value is -3.11. The first kappa shape index (κ1) is 26.5. The van der Waals surface area contributed by atoms with Crippen LogP contribution in [0, 0.1) is 6.92 Å². The number of nitrogens with zero attached hydrogens (tertiary/aromatic N) is 2. The first-order valence-corrected chi connectivity index (χ1v) is 14.8. The lowest BCUT2D eigenvalue weighted by Crippen LogP contribution is -2.47. The van der Waals surface area contributed by atoms with Crippen molar-refractivity contribution >= 4 is 38.9 Å². The third-order valence-electron chi connectivity index (χ3n) is 6.52. The number of sulfonamides is 1. The molecule has 5 rings (SSSR count). The van der Waals surface area contributed by atoms with Crippen molar-refractivity contribution in [3.05, 3.63) is 105 Å². The van der Waals surface area contributed by atoms with Gasteiger partial charge in [0.1, 0.15) is 18.1 Å². The second-order valence-electron chi connectivity index (χ2n) is 9.08. The van der Waals surface area contributed by atoms with Crippen molar-refractivity contribution in [1.29, 1.82) is 0 Å². The van der Waals surface area contributed by atoms with Gasteiger partial charge in [-0.15, -0.1) is 11.3 Å². The summed E-state index contributed by atoms with van der Waals surface area (Å²) in [7, 11) is -3.97. The van der Waals surface area contributed by atoms with E-state index in [2.05, 4.69) is 0 Å². The fourth-order valence-corrected chi connectivity index (χ4v) is 6.89. The number of carbonyl (C=O) groups excluding carboxylic acids is 1. The van der Waals surface area contributed by atoms with Gasteiger partial charge in [-0.1, -0.05) is 29.3 Å². The largest absolute Gasteiger partial charge is 0.491 e. The molecule has 1 aliphatic rings. The second kappa shape index (κ2) is 11.3. The van der Waals surface area contributed by atoms with Gasteiger partial charge in [0.25, 0.3) is 0 Å². The zero-order chi connectivity index (χ0) is 26.7. The first-order chi connectivity index (χ1) is 18.3. The average Bonchev–Trinajstić information content (AvgIpc) is 3.60. The van der Waals surface area contributed by atoms with Crippen LogP contribution in [0.2, 0.25) is 5.02 Å². The molecule has 38 heavy (non-hydrogen) atoms. The quantitative estimate of drug-likeness (QED) is 0.258. The normalized spacial score (nSPS) is 15.4. The lowest BCUT2D eigenvalue weighted by Gasteiger charge is -2.37. The molecule has 1 aliphatic heterocycles. The van der Waals surface area contributed by atoms with Crippen LogP contribution in [0.4, 0.5) is 0 Å². The molecule has 2 aromatic heterocycles. The first-order valence-electron chi connectivity index (χ1n) is 12.1. The van der Waals surface area contributed by atoms with Gasteiger partial charge in [-0.05, 0) is 78.9 Å². The molecule has 0 spiro atoms. The summed E-state index contributed by atoms with van der Waals surface area (Å²) < 4.78 is 40.0. The highest BCUT2D eigenvalue weighted by Gasteiger charge is 2.35. The van der Waals surface area contributed by atoms with Gasteiger partial charge in [-0.2, -0.15) is 4.31 Å². The molecule has 0 aliphatic carbocycles. The maximum atomic E-state index is 13.8. The van der Waals surface area contributed by atoms with Gasteiger partial charge in [0, 0.05) is 16.4 Å². The van der Waals surface area contributed by atoms with Crippen molar-refractivity contribution in [3.8, 4) is 5.75 Å².